The standard InChI is InChI=1S/C3H5B.C3H3B/c2*1-2-3-4/h2-3H,1H3;1H3/b3-2+;. The van der Waals surface area contributed by atoms with Crippen molar-refractivity contribution in [3.63, 3.8) is 0 Å². The third kappa shape index (κ3) is 52.1. The zero-order valence-corrected chi connectivity index (χ0v) is 5.31. The molecule has 0 aromatic heterocycles. The monoisotopic (exact) mass is 102 g/mol. The lowest BCUT2D eigenvalue weighted by atomic mass is 10.1. The maximum absolute atomic E-state index is 4.85. The summed E-state index contributed by atoms with van der Waals surface area (Å²) in [6.45, 7) is 3.57. The zero-order chi connectivity index (χ0) is 6.83. The average molecular weight is 102 g/mol. The third-order valence-electron chi connectivity index (χ3n) is 0.337. The molecule has 0 aromatic carbocycles. The van der Waals surface area contributed by atoms with E-state index in [1.807, 2.05) is 6.92 Å². The molecule has 0 aromatic rings. The minimum Gasteiger partial charge on any atom is -0.172 e. The van der Waals surface area contributed by atoms with Gasteiger partial charge in [0.25, 0.3) is 0 Å². The van der Waals surface area contributed by atoms with Crippen LogP contribution in [-0.2, 0) is 0 Å². The highest BCUT2D eigenvalue weighted by atomic mass is 13.3. The summed E-state index contributed by atoms with van der Waals surface area (Å²) < 4.78 is 0. The number of rotatable bonds is 0. The summed E-state index contributed by atoms with van der Waals surface area (Å²) in [7, 11) is 9.51. The van der Waals surface area contributed by atoms with Crippen LogP contribution in [-0.4, -0.2) is 15.7 Å². The molecule has 0 spiro atoms. The van der Waals surface area contributed by atoms with Crippen molar-refractivity contribution < 1.29 is 0 Å². The third-order valence-corrected chi connectivity index (χ3v) is 0.337. The van der Waals surface area contributed by atoms with E-state index in [9.17, 15) is 0 Å². The van der Waals surface area contributed by atoms with Gasteiger partial charge >= 0.3 is 0 Å². The van der Waals surface area contributed by atoms with E-state index in [4.69, 9.17) is 7.85 Å². The first-order chi connectivity index (χ1) is 3.83. The van der Waals surface area contributed by atoms with Crippen LogP contribution in [0.25, 0.3) is 0 Å². The molecule has 0 unspecified atom stereocenters. The summed E-state index contributed by atoms with van der Waals surface area (Å²) in [6.07, 6.45) is 1.78. The molecule has 0 amide bonds. The Morgan fingerprint density at radius 1 is 1.50 bits per heavy atom. The summed E-state index contributed by atoms with van der Waals surface area (Å²) in [5.74, 6) is 6.14. The molecular formula is C6H8B2. The van der Waals surface area contributed by atoms with E-state index >= 15 is 0 Å². The molecule has 38 valence electrons. The van der Waals surface area contributed by atoms with Crippen molar-refractivity contribution in [3.8, 4) is 11.7 Å². The Labute approximate surface area is 54.2 Å². The molecular weight excluding hydrogens is 93.7 g/mol. The first-order valence-electron chi connectivity index (χ1n) is 2.28. The van der Waals surface area contributed by atoms with Gasteiger partial charge < -0.3 is 0 Å². The Kier molecular flexibility index (Phi) is 21.0. The quantitative estimate of drug-likeness (QED) is 0.313. The molecule has 0 bridgehead atoms. The number of hydrogen-bond donors (Lipinski definition) is 0. The van der Waals surface area contributed by atoms with Crippen LogP contribution in [0.3, 0.4) is 0 Å². The van der Waals surface area contributed by atoms with E-state index in [0.717, 1.165) is 0 Å². The molecule has 0 aliphatic carbocycles. The van der Waals surface area contributed by atoms with Crippen LogP contribution in [0.5, 0.6) is 0 Å². The van der Waals surface area contributed by atoms with E-state index in [-0.39, 0.29) is 0 Å². The SMILES string of the molecule is [B]/C=C/C.[B]C#CC. The van der Waals surface area contributed by atoms with E-state index in [1.54, 1.807) is 13.0 Å². The van der Waals surface area contributed by atoms with Gasteiger partial charge in [-0.05, 0) is 13.8 Å². The second kappa shape index (κ2) is 16.1. The van der Waals surface area contributed by atoms with Crippen LogP contribution in [0.4, 0.5) is 0 Å². The minimum atomic E-state index is 1.50. The van der Waals surface area contributed by atoms with Gasteiger partial charge in [0.2, 0.25) is 0 Å². The van der Waals surface area contributed by atoms with Gasteiger partial charge in [0.05, 0.1) is 0 Å². The predicted octanol–water partition coefficient (Wildman–Crippen LogP) is 0.824. The second-order valence-corrected chi connectivity index (χ2v) is 0.920. The molecule has 0 aliphatic rings. The first-order valence-corrected chi connectivity index (χ1v) is 2.28. The van der Waals surface area contributed by atoms with Gasteiger partial charge in [-0.3, -0.25) is 0 Å². The highest BCUT2D eigenvalue weighted by Gasteiger charge is 1.35. The molecule has 8 heavy (non-hydrogen) atoms. The van der Waals surface area contributed by atoms with E-state index in [1.165, 1.54) is 5.98 Å². The maximum atomic E-state index is 4.85. The van der Waals surface area contributed by atoms with Crippen molar-refractivity contribution in [1.29, 1.82) is 0 Å². The topological polar surface area (TPSA) is 0 Å². The van der Waals surface area contributed by atoms with Crippen LogP contribution < -0.4 is 0 Å². The minimum absolute atomic E-state index is 1.50. The average Bonchev–Trinajstić information content (AvgIpc) is 1.88. The Morgan fingerprint density at radius 3 is 1.75 bits per heavy atom. The molecule has 0 N–H and O–H groups in total. The van der Waals surface area contributed by atoms with Crippen molar-refractivity contribution in [2.45, 2.75) is 13.8 Å². The summed E-state index contributed by atoms with van der Waals surface area (Å²) in [5, 5.41) is 0. The summed E-state index contributed by atoms with van der Waals surface area (Å²) in [5.41, 5.74) is 0. The van der Waals surface area contributed by atoms with E-state index < -0.39 is 0 Å². The van der Waals surface area contributed by atoms with Crippen LogP contribution in [0.15, 0.2) is 12.1 Å². The highest BCUT2D eigenvalue weighted by molar-refractivity contribution is 6.22. The molecule has 4 radical (unpaired) electrons. The molecule has 0 saturated heterocycles. The van der Waals surface area contributed by atoms with Gasteiger partial charge in [0.1, 0.15) is 7.85 Å². The Balaban J connectivity index is 0. The zero-order valence-electron chi connectivity index (χ0n) is 5.31. The molecule has 0 fully saturated rings. The van der Waals surface area contributed by atoms with E-state index in [2.05, 4.69) is 19.6 Å². The van der Waals surface area contributed by atoms with Crippen molar-refractivity contribution in [1.82, 2.24) is 0 Å². The fraction of sp³-hybridized carbons (Fsp3) is 0.333. The van der Waals surface area contributed by atoms with Crippen LogP contribution in [0.2, 0.25) is 0 Å². The molecule has 0 heterocycles. The normalized spacial score (nSPS) is 6.25. The molecule has 0 atom stereocenters. The van der Waals surface area contributed by atoms with Gasteiger partial charge in [0, 0.05) is 0 Å². The molecule has 0 rings (SSSR count). The molecule has 0 nitrogen and oxygen atoms in total. The lowest BCUT2D eigenvalue weighted by molar-refractivity contribution is 1.78. The fourth-order valence-corrected chi connectivity index (χ4v) is 0. The molecule has 0 saturated carbocycles. The van der Waals surface area contributed by atoms with Gasteiger partial charge in [-0.15, -0.1) is 18.0 Å². The largest absolute Gasteiger partial charge is 0.187 e. The van der Waals surface area contributed by atoms with Crippen molar-refractivity contribution in [2.24, 2.45) is 0 Å². The van der Waals surface area contributed by atoms with E-state index in [0.29, 0.717) is 0 Å². The summed E-state index contributed by atoms with van der Waals surface area (Å²) in [4.78, 5) is 0. The van der Waals surface area contributed by atoms with Crippen LogP contribution in [0.1, 0.15) is 13.8 Å². The fourth-order valence-electron chi connectivity index (χ4n) is 0. The smallest absolute Gasteiger partial charge is 0.172 e. The first kappa shape index (κ1) is 10.4. The van der Waals surface area contributed by atoms with Crippen LogP contribution in [0, 0.1) is 11.7 Å². The highest BCUT2D eigenvalue weighted by Crippen LogP contribution is 1.50. The van der Waals surface area contributed by atoms with Crippen LogP contribution >= 0.6 is 0 Å². The number of allylic oxidation sites excluding steroid dienone is 1. The Bertz CT molecular complexity index is 84.8. The molecule has 0 aliphatic heterocycles. The summed E-state index contributed by atoms with van der Waals surface area (Å²) >= 11 is 0. The summed E-state index contributed by atoms with van der Waals surface area (Å²) in [6, 6.07) is 0. The Hall–Kier alpha value is -0.570. The van der Waals surface area contributed by atoms with Crippen molar-refractivity contribution >= 4 is 15.7 Å². The maximum Gasteiger partial charge on any atom is 0.187 e. The Morgan fingerprint density at radius 2 is 1.75 bits per heavy atom. The lowest BCUT2D eigenvalue weighted by Crippen LogP contribution is -1.41. The number of hydrogen-bond acceptors (Lipinski definition) is 0. The van der Waals surface area contributed by atoms with Gasteiger partial charge in [-0.2, -0.15) is 5.82 Å². The van der Waals surface area contributed by atoms with Crippen molar-refractivity contribution in [2.75, 3.05) is 0 Å². The van der Waals surface area contributed by atoms with Gasteiger partial charge in [-0.1, -0.05) is 0 Å². The predicted molar refractivity (Wildman–Crippen MR) is 39.8 cm³/mol. The lowest BCUT2D eigenvalue weighted by Gasteiger charge is -1.49. The van der Waals surface area contributed by atoms with Gasteiger partial charge in [-0.25, -0.2) is 0 Å². The molecule has 2 heteroatoms. The van der Waals surface area contributed by atoms with Crippen molar-refractivity contribution in [3.05, 3.63) is 12.1 Å². The second-order valence-electron chi connectivity index (χ2n) is 0.920. The van der Waals surface area contributed by atoms with Gasteiger partial charge in [0.15, 0.2) is 7.85 Å².